The van der Waals surface area contributed by atoms with Crippen molar-refractivity contribution in [2.45, 2.75) is 245 Å². The molecule has 3 atom stereocenters. The van der Waals surface area contributed by atoms with Crippen LogP contribution in [-0.2, 0) is 38.1 Å². The first kappa shape index (κ1) is 54.8. The van der Waals surface area contributed by atoms with E-state index in [9.17, 15) is 19.2 Å². The van der Waals surface area contributed by atoms with Crippen LogP contribution in [0.3, 0.4) is 0 Å². The Balaban J connectivity index is 4.46. The summed E-state index contributed by atoms with van der Waals surface area (Å²) in [6.45, 7) is 9.69. The van der Waals surface area contributed by atoms with E-state index >= 15 is 0 Å². The highest BCUT2D eigenvalue weighted by Gasteiger charge is 2.21. The van der Waals surface area contributed by atoms with Crippen LogP contribution in [0.5, 0.6) is 0 Å². The Bertz CT molecular complexity index is 957. The summed E-state index contributed by atoms with van der Waals surface area (Å²) in [5.74, 6) is -0.908. The largest absolute Gasteiger partial charge is 0.465 e. The topological polar surface area (TPSA) is 108 Å². The first-order chi connectivity index (χ1) is 27.7. The van der Waals surface area contributed by atoms with Gasteiger partial charge in [-0.25, -0.2) is 0 Å². The van der Waals surface area contributed by atoms with E-state index in [-0.39, 0.29) is 55.3 Å². The molecule has 0 aliphatic heterocycles. The summed E-state index contributed by atoms with van der Waals surface area (Å²) < 4.78 is 22.8. The number of likely N-dealkylation sites (N-methyl/N-ethyl adjacent to an activating group) is 1. The molecule has 0 aromatic rings. The predicted octanol–water partition coefficient (Wildman–Crippen LogP) is 12.6. The van der Waals surface area contributed by atoms with Crippen LogP contribution >= 0.6 is 0 Å². The lowest BCUT2D eigenvalue weighted by Gasteiger charge is -2.21. The van der Waals surface area contributed by atoms with E-state index in [2.05, 4.69) is 27.7 Å². The highest BCUT2D eigenvalue weighted by molar-refractivity contribution is 5.72. The van der Waals surface area contributed by atoms with Crippen LogP contribution in [0.2, 0.25) is 0 Å². The van der Waals surface area contributed by atoms with Gasteiger partial charge < -0.3 is 23.8 Å². The second-order valence-corrected chi connectivity index (χ2v) is 16.9. The molecule has 0 aromatic carbocycles. The Morgan fingerprint density at radius 1 is 0.421 bits per heavy atom. The van der Waals surface area contributed by atoms with Crippen molar-refractivity contribution in [3.05, 3.63) is 0 Å². The number of hydrogen-bond donors (Lipinski definition) is 0. The third kappa shape index (κ3) is 36.6. The Hall–Kier alpha value is -2.16. The Kier molecular flexibility index (Phi) is 39.1. The zero-order valence-electron chi connectivity index (χ0n) is 38.2. The maximum absolute atomic E-state index is 12.9. The molecule has 0 rings (SSSR count). The number of carbonyl (C=O) groups is 4. The van der Waals surface area contributed by atoms with Crippen molar-refractivity contribution in [3.8, 4) is 0 Å². The van der Waals surface area contributed by atoms with Crippen molar-refractivity contribution in [1.29, 1.82) is 0 Å². The number of carbonyl (C=O) groups excluding carboxylic acids is 4. The molecule has 9 nitrogen and oxygen atoms in total. The minimum atomic E-state index is -0.561. The van der Waals surface area contributed by atoms with Gasteiger partial charge in [-0.15, -0.1) is 0 Å². The van der Waals surface area contributed by atoms with E-state index in [0.29, 0.717) is 45.3 Å². The van der Waals surface area contributed by atoms with E-state index < -0.39 is 6.10 Å². The van der Waals surface area contributed by atoms with Crippen molar-refractivity contribution in [3.63, 3.8) is 0 Å². The molecule has 0 saturated carbocycles. The molecule has 0 aliphatic carbocycles. The van der Waals surface area contributed by atoms with Gasteiger partial charge in [-0.3, -0.25) is 19.2 Å². The number of ether oxygens (including phenoxy) is 4. The molecule has 9 heteroatoms. The van der Waals surface area contributed by atoms with Gasteiger partial charge in [0.1, 0.15) is 18.8 Å². The van der Waals surface area contributed by atoms with Gasteiger partial charge in [0.2, 0.25) is 0 Å². The molecular formula is C48H91NO8. The number of esters is 4. The summed E-state index contributed by atoms with van der Waals surface area (Å²) in [6, 6.07) is 0. The van der Waals surface area contributed by atoms with Gasteiger partial charge in [0.15, 0.2) is 0 Å². The Morgan fingerprint density at radius 2 is 0.807 bits per heavy atom. The molecule has 0 aromatic heterocycles. The molecule has 336 valence electrons. The van der Waals surface area contributed by atoms with Crippen molar-refractivity contribution in [1.82, 2.24) is 4.90 Å². The van der Waals surface area contributed by atoms with Crippen LogP contribution in [0, 0.1) is 5.92 Å². The maximum Gasteiger partial charge on any atom is 0.308 e. The lowest BCUT2D eigenvalue weighted by atomic mass is 9.94. The van der Waals surface area contributed by atoms with Crippen LogP contribution < -0.4 is 0 Å². The van der Waals surface area contributed by atoms with E-state index in [4.69, 9.17) is 18.9 Å². The number of rotatable bonds is 42. The van der Waals surface area contributed by atoms with Gasteiger partial charge in [-0.05, 0) is 84.7 Å². The standard InChI is InChI=1S/C48H91NO8/c1-7-11-15-19-21-25-33-42(32-24-17-13-9-3)48(53)54-39-31-23-28-37-47(52)57-44(40-49(5)6)41-55-45(50)36-29-30-38-46(51)56-43(34-26-18-14-10-4)35-27-22-20-16-12-8-2/h42-44H,7-41H2,1-6H3. The average Bonchev–Trinajstić information content (AvgIpc) is 3.18. The summed E-state index contributed by atoms with van der Waals surface area (Å²) >= 11 is 0. The van der Waals surface area contributed by atoms with Crippen molar-refractivity contribution in [2.75, 3.05) is 33.9 Å². The summed E-state index contributed by atoms with van der Waals surface area (Å²) in [6.07, 6.45) is 31.1. The number of hydrogen-bond acceptors (Lipinski definition) is 9. The molecular weight excluding hydrogens is 719 g/mol. The molecule has 0 aliphatic rings. The predicted molar refractivity (Wildman–Crippen MR) is 234 cm³/mol. The Labute approximate surface area is 351 Å². The fourth-order valence-electron chi connectivity index (χ4n) is 7.24. The first-order valence-corrected chi connectivity index (χ1v) is 24.0. The van der Waals surface area contributed by atoms with Gasteiger partial charge in [-0.2, -0.15) is 0 Å². The van der Waals surface area contributed by atoms with Crippen LogP contribution in [-0.4, -0.2) is 74.8 Å². The first-order valence-electron chi connectivity index (χ1n) is 24.0. The second-order valence-electron chi connectivity index (χ2n) is 16.9. The summed E-state index contributed by atoms with van der Waals surface area (Å²) in [4.78, 5) is 52.7. The lowest BCUT2D eigenvalue weighted by molar-refractivity contribution is -0.160. The molecule has 57 heavy (non-hydrogen) atoms. The minimum Gasteiger partial charge on any atom is -0.465 e. The molecule has 0 N–H and O–H groups in total. The van der Waals surface area contributed by atoms with E-state index in [0.717, 1.165) is 57.8 Å². The fraction of sp³-hybridized carbons (Fsp3) is 0.917. The third-order valence-electron chi connectivity index (χ3n) is 10.8. The number of nitrogens with zero attached hydrogens (tertiary/aromatic N) is 1. The summed E-state index contributed by atoms with van der Waals surface area (Å²) in [5.41, 5.74) is 0. The van der Waals surface area contributed by atoms with Crippen molar-refractivity contribution >= 4 is 23.9 Å². The molecule has 0 heterocycles. The molecule has 0 saturated heterocycles. The lowest BCUT2D eigenvalue weighted by Crippen LogP contribution is -2.34. The maximum atomic E-state index is 12.9. The van der Waals surface area contributed by atoms with Crippen LogP contribution in [0.15, 0.2) is 0 Å². The van der Waals surface area contributed by atoms with E-state index in [1.54, 1.807) is 0 Å². The van der Waals surface area contributed by atoms with Crippen molar-refractivity contribution < 1.29 is 38.1 Å². The second kappa shape index (κ2) is 40.6. The summed E-state index contributed by atoms with van der Waals surface area (Å²) in [7, 11) is 3.77. The SMILES string of the molecule is CCCCCCCCC(CCCCCC)OC(=O)CCCCC(=O)OCC(CN(C)C)OC(=O)CCCCCOC(=O)C(CCCCCC)CCCCCCCC. The van der Waals surface area contributed by atoms with Crippen molar-refractivity contribution in [2.24, 2.45) is 5.92 Å². The minimum absolute atomic E-state index is 0.00272. The monoisotopic (exact) mass is 810 g/mol. The molecule has 0 fully saturated rings. The average molecular weight is 810 g/mol. The van der Waals surface area contributed by atoms with Crippen LogP contribution in [0.1, 0.15) is 233 Å². The quantitative estimate of drug-likeness (QED) is 0.0338. The zero-order valence-corrected chi connectivity index (χ0v) is 38.2. The van der Waals surface area contributed by atoms with E-state index in [1.807, 2.05) is 19.0 Å². The highest BCUT2D eigenvalue weighted by Crippen LogP contribution is 2.21. The van der Waals surface area contributed by atoms with Gasteiger partial charge in [0.25, 0.3) is 0 Å². The van der Waals surface area contributed by atoms with Crippen LogP contribution in [0.25, 0.3) is 0 Å². The van der Waals surface area contributed by atoms with E-state index in [1.165, 1.54) is 103 Å². The normalized spacial score (nSPS) is 13.0. The van der Waals surface area contributed by atoms with Gasteiger partial charge >= 0.3 is 23.9 Å². The molecule has 0 radical (unpaired) electrons. The molecule has 0 bridgehead atoms. The van der Waals surface area contributed by atoms with Gasteiger partial charge in [0.05, 0.1) is 12.5 Å². The molecule has 0 amide bonds. The molecule has 0 spiro atoms. The number of unbranched alkanes of at least 4 members (excludes halogenated alkanes) is 19. The van der Waals surface area contributed by atoms with Gasteiger partial charge in [-0.1, -0.05) is 143 Å². The van der Waals surface area contributed by atoms with Crippen LogP contribution in [0.4, 0.5) is 0 Å². The summed E-state index contributed by atoms with van der Waals surface area (Å²) in [5, 5.41) is 0. The highest BCUT2D eigenvalue weighted by atomic mass is 16.6. The van der Waals surface area contributed by atoms with Gasteiger partial charge in [0, 0.05) is 25.8 Å². The fourth-order valence-corrected chi connectivity index (χ4v) is 7.24. The molecule has 3 unspecified atom stereocenters. The Morgan fingerprint density at radius 3 is 1.30 bits per heavy atom. The third-order valence-corrected chi connectivity index (χ3v) is 10.8. The zero-order chi connectivity index (χ0) is 42.2. The smallest absolute Gasteiger partial charge is 0.308 e.